The summed E-state index contributed by atoms with van der Waals surface area (Å²) in [7, 11) is 0. The lowest BCUT2D eigenvalue weighted by Crippen LogP contribution is -1.98. The van der Waals surface area contributed by atoms with Gasteiger partial charge in [0.25, 0.3) is 0 Å². The number of benzene rings is 11. The molecule has 0 amide bonds. The number of hydrogen-bond acceptors (Lipinski definition) is 2. The lowest BCUT2D eigenvalue weighted by Gasteiger charge is -2.13. The molecule has 0 aliphatic heterocycles. The van der Waals surface area contributed by atoms with E-state index in [1.807, 2.05) is 0 Å². The van der Waals surface area contributed by atoms with E-state index in [0.717, 1.165) is 55.3 Å². The van der Waals surface area contributed by atoms with Crippen molar-refractivity contribution < 1.29 is 0 Å². The summed E-state index contributed by atoms with van der Waals surface area (Å²) in [6.45, 7) is 0. The van der Waals surface area contributed by atoms with Gasteiger partial charge in [-0.2, -0.15) is 0 Å². The van der Waals surface area contributed by atoms with Crippen molar-refractivity contribution in [3.8, 4) is 44.9 Å². The zero-order chi connectivity index (χ0) is 45.9. The molecular weight excluding hydrogens is 849 g/mol. The SMILES string of the molecule is c1ccc(-c2c3ccccc3nc3c2ccc2ccc(-c4ccc5cc6cc(-c7ccc(-n8c9ccccc9c9ccc%10c%11ccccc%11n(-c%11ccccc%11)c%10c98)cc7)ccc6cc5c4)nc23)cc1. The highest BCUT2D eigenvalue weighted by Gasteiger charge is 2.21. The maximum atomic E-state index is 5.36. The minimum absolute atomic E-state index is 0.913. The molecule has 0 fully saturated rings. The lowest BCUT2D eigenvalue weighted by atomic mass is 9.95. The summed E-state index contributed by atoms with van der Waals surface area (Å²) in [4.78, 5) is 10.6. The molecule has 11 aromatic carbocycles. The first-order valence-corrected chi connectivity index (χ1v) is 24.0. The van der Waals surface area contributed by atoms with Crippen molar-refractivity contribution in [2.24, 2.45) is 0 Å². The van der Waals surface area contributed by atoms with Crippen LogP contribution in [0.25, 0.3) is 143 Å². The van der Waals surface area contributed by atoms with Crippen LogP contribution in [0, 0.1) is 0 Å². The summed E-state index contributed by atoms with van der Waals surface area (Å²) in [5.74, 6) is 0. The Morgan fingerprint density at radius 1 is 0.271 bits per heavy atom. The van der Waals surface area contributed by atoms with Gasteiger partial charge in [0.05, 0.1) is 44.3 Å². The summed E-state index contributed by atoms with van der Waals surface area (Å²) in [5.41, 5.74) is 16.6. The molecule has 4 heterocycles. The topological polar surface area (TPSA) is 35.6 Å². The van der Waals surface area contributed by atoms with Crippen LogP contribution in [-0.4, -0.2) is 19.1 Å². The van der Waals surface area contributed by atoms with Gasteiger partial charge < -0.3 is 9.13 Å². The van der Waals surface area contributed by atoms with Crippen LogP contribution in [0.4, 0.5) is 0 Å². The first kappa shape index (κ1) is 38.7. The largest absolute Gasteiger partial charge is 0.307 e. The predicted octanol–water partition coefficient (Wildman–Crippen LogP) is 17.4. The molecule has 4 nitrogen and oxygen atoms in total. The molecule has 70 heavy (non-hydrogen) atoms. The van der Waals surface area contributed by atoms with Gasteiger partial charge in [-0.15, -0.1) is 0 Å². The van der Waals surface area contributed by atoms with E-state index < -0.39 is 0 Å². The van der Waals surface area contributed by atoms with Crippen molar-refractivity contribution in [3.63, 3.8) is 0 Å². The Morgan fingerprint density at radius 2 is 0.786 bits per heavy atom. The molecule has 0 saturated carbocycles. The van der Waals surface area contributed by atoms with Gasteiger partial charge in [-0.1, -0.05) is 170 Å². The van der Waals surface area contributed by atoms with Crippen molar-refractivity contribution in [3.05, 3.63) is 243 Å². The Kier molecular flexibility index (Phi) is 8.33. The zero-order valence-electron chi connectivity index (χ0n) is 37.9. The second-order valence-corrected chi connectivity index (χ2v) is 18.5. The summed E-state index contributed by atoms with van der Waals surface area (Å²) in [5, 5.41) is 13.1. The van der Waals surface area contributed by atoms with Gasteiger partial charge in [0.2, 0.25) is 0 Å². The van der Waals surface area contributed by atoms with Crippen molar-refractivity contribution in [1.29, 1.82) is 0 Å². The maximum Gasteiger partial charge on any atom is 0.0978 e. The van der Waals surface area contributed by atoms with Gasteiger partial charge in [-0.25, -0.2) is 9.97 Å². The van der Waals surface area contributed by atoms with Crippen LogP contribution in [0.5, 0.6) is 0 Å². The molecule has 0 aliphatic rings. The first-order valence-electron chi connectivity index (χ1n) is 24.0. The molecule has 0 atom stereocenters. The first-order chi connectivity index (χ1) is 34.7. The third-order valence-electron chi connectivity index (χ3n) is 14.6. The van der Waals surface area contributed by atoms with E-state index in [-0.39, 0.29) is 0 Å². The van der Waals surface area contributed by atoms with Crippen LogP contribution in [0.1, 0.15) is 0 Å². The van der Waals surface area contributed by atoms with Gasteiger partial charge >= 0.3 is 0 Å². The molecule has 15 rings (SSSR count). The third-order valence-corrected chi connectivity index (χ3v) is 14.6. The van der Waals surface area contributed by atoms with Crippen LogP contribution < -0.4 is 0 Å². The average Bonchev–Trinajstić information content (AvgIpc) is 3.95. The molecule has 0 saturated heterocycles. The van der Waals surface area contributed by atoms with Crippen LogP contribution in [0.3, 0.4) is 0 Å². The molecule has 4 aromatic heterocycles. The van der Waals surface area contributed by atoms with Crippen molar-refractivity contribution in [2.75, 3.05) is 0 Å². The standard InChI is InChI=1S/C66H40N4/c1-3-13-42(14-4-1)62-56-19-7-10-20-59(56)68-64-57(62)33-29-43-30-36-58(67-63(43)64)47-26-25-46-38-48-37-44(23-24-45(48)39-49(46)40-47)41-27-31-51(32-28-41)70-61-22-12-9-18-53(61)55-35-34-54-52-17-8-11-21-60(52)69(65(54)66(55)70)50-15-5-2-6-16-50/h1-40H. The number of aromatic nitrogens is 4. The second-order valence-electron chi connectivity index (χ2n) is 18.5. The molecular formula is C66H40N4. The molecule has 0 bridgehead atoms. The van der Waals surface area contributed by atoms with Gasteiger partial charge in [-0.3, -0.25) is 0 Å². The Bertz CT molecular complexity index is 4620. The number of fused-ring (bicyclic) bond motifs is 13. The fraction of sp³-hybridized carbons (Fsp3) is 0. The van der Waals surface area contributed by atoms with Gasteiger partial charge in [0.15, 0.2) is 0 Å². The molecule has 15 aromatic rings. The van der Waals surface area contributed by atoms with Crippen molar-refractivity contribution >= 4 is 97.9 Å². The molecule has 0 unspecified atom stereocenters. The maximum absolute atomic E-state index is 5.36. The van der Waals surface area contributed by atoms with E-state index in [9.17, 15) is 0 Å². The fourth-order valence-electron chi connectivity index (χ4n) is 11.4. The second kappa shape index (κ2) is 15.1. The number of rotatable bonds is 5. The van der Waals surface area contributed by atoms with Crippen LogP contribution >= 0.6 is 0 Å². The minimum Gasteiger partial charge on any atom is -0.307 e. The highest BCUT2D eigenvalue weighted by Crippen LogP contribution is 2.43. The van der Waals surface area contributed by atoms with E-state index in [2.05, 4.69) is 252 Å². The molecule has 0 N–H and O–H groups in total. The Labute approximate surface area is 402 Å². The van der Waals surface area contributed by atoms with Crippen LogP contribution in [-0.2, 0) is 0 Å². The number of hydrogen-bond donors (Lipinski definition) is 0. The molecule has 4 heteroatoms. The monoisotopic (exact) mass is 888 g/mol. The van der Waals surface area contributed by atoms with Crippen LogP contribution in [0.15, 0.2) is 243 Å². The smallest absolute Gasteiger partial charge is 0.0978 e. The van der Waals surface area contributed by atoms with Crippen LogP contribution in [0.2, 0.25) is 0 Å². The number of nitrogens with zero attached hydrogens (tertiary/aromatic N) is 4. The Morgan fingerprint density at radius 3 is 1.47 bits per heavy atom. The summed E-state index contributed by atoms with van der Waals surface area (Å²) < 4.78 is 4.91. The molecule has 0 aliphatic carbocycles. The van der Waals surface area contributed by atoms with E-state index >= 15 is 0 Å². The predicted molar refractivity (Wildman–Crippen MR) is 295 cm³/mol. The Hall–Kier alpha value is -9.38. The highest BCUT2D eigenvalue weighted by molar-refractivity contribution is 6.24. The summed E-state index contributed by atoms with van der Waals surface area (Å²) >= 11 is 0. The normalized spacial score (nSPS) is 12.0. The molecule has 324 valence electrons. The van der Waals surface area contributed by atoms with E-state index in [1.165, 1.54) is 87.4 Å². The summed E-state index contributed by atoms with van der Waals surface area (Å²) in [6.07, 6.45) is 0. The molecule has 0 spiro atoms. The van der Waals surface area contributed by atoms with Gasteiger partial charge in [0.1, 0.15) is 0 Å². The van der Waals surface area contributed by atoms with Crippen molar-refractivity contribution in [2.45, 2.75) is 0 Å². The van der Waals surface area contributed by atoms with E-state index in [0.29, 0.717) is 0 Å². The van der Waals surface area contributed by atoms with E-state index in [1.54, 1.807) is 0 Å². The minimum atomic E-state index is 0.913. The van der Waals surface area contributed by atoms with Gasteiger partial charge in [0, 0.05) is 60.2 Å². The highest BCUT2D eigenvalue weighted by atomic mass is 15.0. The fourth-order valence-corrected chi connectivity index (χ4v) is 11.4. The Balaban J connectivity index is 0.809. The van der Waals surface area contributed by atoms with E-state index in [4.69, 9.17) is 9.97 Å². The number of pyridine rings is 2. The van der Waals surface area contributed by atoms with Crippen molar-refractivity contribution in [1.82, 2.24) is 19.1 Å². The average molecular weight is 889 g/mol. The lowest BCUT2D eigenvalue weighted by molar-refractivity contribution is 1.15. The van der Waals surface area contributed by atoms with Gasteiger partial charge in [-0.05, 0) is 111 Å². The quantitative estimate of drug-likeness (QED) is 0.127. The number of para-hydroxylation sites is 4. The summed E-state index contributed by atoms with van der Waals surface area (Å²) in [6, 6.07) is 88.1. The molecule has 0 radical (unpaired) electrons. The zero-order valence-corrected chi connectivity index (χ0v) is 37.9. The third kappa shape index (κ3) is 5.84.